The Balaban J connectivity index is 1.65. The van der Waals surface area contributed by atoms with E-state index in [0.717, 1.165) is 38.0 Å². The van der Waals surface area contributed by atoms with Crippen LogP contribution < -0.4 is 14.8 Å². The molecule has 0 unspecified atom stereocenters. The van der Waals surface area contributed by atoms with Crippen LogP contribution in [0, 0.1) is 0 Å². The fraction of sp³-hybridized carbons (Fsp3) is 0.579. The molecule has 0 aliphatic carbocycles. The van der Waals surface area contributed by atoms with Gasteiger partial charge in [0.2, 0.25) is 5.91 Å². The Kier molecular flexibility index (Phi) is 5.16. The summed E-state index contributed by atoms with van der Waals surface area (Å²) < 4.78 is 10.8. The van der Waals surface area contributed by atoms with Gasteiger partial charge < -0.3 is 19.7 Å². The molecular weight excluding hydrogens is 320 g/mol. The number of amides is 2. The molecule has 1 aromatic carbocycles. The Morgan fingerprint density at radius 2 is 2.00 bits per heavy atom. The molecule has 2 heterocycles. The summed E-state index contributed by atoms with van der Waals surface area (Å²) >= 11 is 0. The van der Waals surface area contributed by atoms with Gasteiger partial charge >= 0.3 is 0 Å². The first kappa shape index (κ1) is 17.6. The molecule has 0 spiro atoms. The maximum absolute atomic E-state index is 12.7. The quantitative estimate of drug-likeness (QED) is 0.907. The predicted octanol–water partition coefficient (Wildman–Crippen LogP) is 2.12. The van der Waals surface area contributed by atoms with E-state index in [1.54, 1.807) is 31.4 Å². The molecule has 1 aromatic rings. The van der Waals surface area contributed by atoms with Crippen molar-refractivity contribution in [3.8, 4) is 11.5 Å². The minimum absolute atomic E-state index is 0.00680. The standard InChI is InChI=1S/C19H26N2O4/c1-19-11-4-12-21(16(19)5-3-6-17(22)20-19)18(23)13-25-15-9-7-14(24-2)8-10-15/h7-10,16H,3-6,11-13H2,1-2H3,(H,20,22)/t16-,19-/m0/s1. The lowest BCUT2D eigenvalue weighted by Gasteiger charge is -2.47. The number of carbonyl (C=O) groups excluding carboxylic acids is 2. The topological polar surface area (TPSA) is 67.9 Å². The first-order chi connectivity index (χ1) is 12.0. The molecule has 2 atom stereocenters. The molecule has 0 saturated carbocycles. The van der Waals surface area contributed by atoms with E-state index in [0.29, 0.717) is 12.2 Å². The molecule has 2 aliphatic rings. The summed E-state index contributed by atoms with van der Waals surface area (Å²) in [6.45, 7) is 2.79. The van der Waals surface area contributed by atoms with Crippen molar-refractivity contribution in [2.45, 2.75) is 50.6 Å². The Bertz CT molecular complexity index is 631. The fourth-order valence-corrected chi connectivity index (χ4v) is 3.94. The second-order valence-electron chi connectivity index (χ2n) is 7.03. The summed E-state index contributed by atoms with van der Waals surface area (Å²) in [5.41, 5.74) is -0.332. The number of hydrogen-bond acceptors (Lipinski definition) is 4. The molecule has 136 valence electrons. The fourth-order valence-electron chi connectivity index (χ4n) is 3.94. The van der Waals surface area contributed by atoms with Crippen molar-refractivity contribution in [1.82, 2.24) is 10.2 Å². The van der Waals surface area contributed by atoms with Gasteiger partial charge in [0.1, 0.15) is 11.5 Å². The van der Waals surface area contributed by atoms with Crippen molar-refractivity contribution in [3.05, 3.63) is 24.3 Å². The normalized spacial score (nSPS) is 26.2. The van der Waals surface area contributed by atoms with Gasteiger partial charge in [0.25, 0.3) is 5.91 Å². The number of benzene rings is 1. The number of hydrogen-bond donors (Lipinski definition) is 1. The molecule has 0 radical (unpaired) electrons. The number of likely N-dealkylation sites (tertiary alicyclic amines) is 1. The van der Waals surface area contributed by atoms with Crippen molar-refractivity contribution in [2.75, 3.05) is 20.3 Å². The van der Waals surface area contributed by atoms with E-state index in [4.69, 9.17) is 9.47 Å². The second kappa shape index (κ2) is 7.33. The third-order valence-corrected chi connectivity index (χ3v) is 5.26. The number of piperidine rings is 1. The van der Waals surface area contributed by atoms with Crippen molar-refractivity contribution in [2.24, 2.45) is 0 Å². The third-order valence-electron chi connectivity index (χ3n) is 5.26. The monoisotopic (exact) mass is 346 g/mol. The number of nitrogens with zero attached hydrogens (tertiary/aromatic N) is 1. The largest absolute Gasteiger partial charge is 0.497 e. The minimum atomic E-state index is -0.332. The zero-order chi connectivity index (χ0) is 17.9. The number of ether oxygens (including phenoxy) is 2. The highest BCUT2D eigenvalue weighted by molar-refractivity contribution is 5.80. The SMILES string of the molecule is COc1ccc(OCC(=O)N2CCC[C@]3(C)NC(=O)CCC[C@H]23)cc1. The summed E-state index contributed by atoms with van der Waals surface area (Å²) in [5, 5.41) is 3.14. The summed E-state index contributed by atoms with van der Waals surface area (Å²) in [5.74, 6) is 1.46. The highest BCUT2D eigenvalue weighted by Crippen LogP contribution is 2.33. The molecule has 2 fully saturated rings. The molecule has 2 amide bonds. The van der Waals surface area contributed by atoms with Gasteiger partial charge in [-0.15, -0.1) is 0 Å². The van der Waals surface area contributed by atoms with Crippen molar-refractivity contribution in [3.63, 3.8) is 0 Å². The lowest BCUT2D eigenvalue weighted by atomic mass is 9.81. The average molecular weight is 346 g/mol. The minimum Gasteiger partial charge on any atom is -0.497 e. The molecule has 1 N–H and O–H groups in total. The number of carbonyl (C=O) groups is 2. The first-order valence-electron chi connectivity index (χ1n) is 8.89. The van der Waals surface area contributed by atoms with E-state index in [-0.39, 0.29) is 30.0 Å². The molecule has 0 aromatic heterocycles. The number of methoxy groups -OCH3 is 1. The molecule has 3 rings (SSSR count). The van der Waals surface area contributed by atoms with Crippen LogP contribution in [-0.4, -0.2) is 48.6 Å². The van der Waals surface area contributed by atoms with Crippen LogP contribution in [0.1, 0.15) is 39.0 Å². The van der Waals surface area contributed by atoms with Crippen LogP contribution in [-0.2, 0) is 9.59 Å². The van der Waals surface area contributed by atoms with Gasteiger partial charge in [-0.2, -0.15) is 0 Å². The van der Waals surface area contributed by atoms with Crippen LogP contribution in [0.5, 0.6) is 11.5 Å². The van der Waals surface area contributed by atoms with E-state index >= 15 is 0 Å². The summed E-state index contributed by atoms with van der Waals surface area (Å²) in [7, 11) is 1.61. The molecule has 6 heteroatoms. The van der Waals surface area contributed by atoms with Gasteiger partial charge in [0.05, 0.1) is 18.7 Å². The summed E-state index contributed by atoms with van der Waals surface area (Å²) in [6, 6.07) is 7.23. The lowest BCUT2D eigenvalue weighted by molar-refractivity contribution is -0.141. The zero-order valence-corrected chi connectivity index (χ0v) is 14.9. The van der Waals surface area contributed by atoms with Gasteiger partial charge in [-0.1, -0.05) is 0 Å². The van der Waals surface area contributed by atoms with Gasteiger partial charge in [-0.05, 0) is 56.9 Å². The molecule has 25 heavy (non-hydrogen) atoms. The highest BCUT2D eigenvalue weighted by atomic mass is 16.5. The Labute approximate surface area is 148 Å². The van der Waals surface area contributed by atoms with Crippen LogP contribution in [0.2, 0.25) is 0 Å². The summed E-state index contributed by atoms with van der Waals surface area (Å²) in [4.78, 5) is 26.6. The average Bonchev–Trinajstić information content (AvgIpc) is 2.76. The van der Waals surface area contributed by atoms with Crippen LogP contribution in [0.4, 0.5) is 0 Å². The van der Waals surface area contributed by atoms with E-state index in [9.17, 15) is 9.59 Å². The summed E-state index contributed by atoms with van der Waals surface area (Å²) in [6.07, 6.45) is 4.00. The number of fused-ring (bicyclic) bond motifs is 1. The van der Waals surface area contributed by atoms with Crippen LogP contribution in [0.15, 0.2) is 24.3 Å². The predicted molar refractivity (Wildman–Crippen MR) is 93.6 cm³/mol. The van der Waals surface area contributed by atoms with Crippen LogP contribution >= 0.6 is 0 Å². The third kappa shape index (κ3) is 3.89. The van der Waals surface area contributed by atoms with E-state index in [1.807, 2.05) is 4.90 Å². The Morgan fingerprint density at radius 1 is 1.28 bits per heavy atom. The van der Waals surface area contributed by atoms with Crippen molar-refractivity contribution < 1.29 is 19.1 Å². The van der Waals surface area contributed by atoms with E-state index in [2.05, 4.69) is 12.2 Å². The van der Waals surface area contributed by atoms with E-state index in [1.165, 1.54) is 0 Å². The Morgan fingerprint density at radius 3 is 2.72 bits per heavy atom. The number of nitrogens with one attached hydrogen (secondary N) is 1. The van der Waals surface area contributed by atoms with Gasteiger partial charge in [-0.3, -0.25) is 9.59 Å². The molecule has 0 bridgehead atoms. The van der Waals surface area contributed by atoms with Crippen molar-refractivity contribution >= 4 is 11.8 Å². The first-order valence-corrected chi connectivity index (χ1v) is 8.89. The van der Waals surface area contributed by atoms with Crippen LogP contribution in [0.3, 0.4) is 0 Å². The molecule has 2 saturated heterocycles. The van der Waals surface area contributed by atoms with Crippen LogP contribution in [0.25, 0.3) is 0 Å². The van der Waals surface area contributed by atoms with Gasteiger partial charge in [0, 0.05) is 13.0 Å². The second-order valence-corrected chi connectivity index (χ2v) is 7.03. The highest BCUT2D eigenvalue weighted by Gasteiger charge is 2.44. The van der Waals surface area contributed by atoms with Crippen molar-refractivity contribution in [1.29, 1.82) is 0 Å². The number of rotatable bonds is 4. The molecule has 6 nitrogen and oxygen atoms in total. The molecule has 2 aliphatic heterocycles. The zero-order valence-electron chi connectivity index (χ0n) is 14.9. The Hall–Kier alpha value is -2.24. The van der Waals surface area contributed by atoms with Gasteiger partial charge in [-0.25, -0.2) is 0 Å². The lowest BCUT2D eigenvalue weighted by Crippen LogP contribution is -2.64. The molecular formula is C19H26N2O4. The maximum Gasteiger partial charge on any atom is 0.260 e. The smallest absolute Gasteiger partial charge is 0.260 e. The maximum atomic E-state index is 12.7. The van der Waals surface area contributed by atoms with Gasteiger partial charge in [0.15, 0.2) is 6.61 Å². The van der Waals surface area contributed by atoms with E-state index < -0.39 is 0 Å².